The Morgan fingerprint density at radius 2 is 1.86 bits per heavy atom. The normalized spacial score (nSPS) is 31.4. The number of rotatable bonds is 3. The average molecular weight is 227 g/mol. The Hall–Kier alpha value is 0.237. The zero-order valence-corrected chi connectivity index (χ0v) is 11.4. The molecule has 2 aliphatic carbocycles. The minimum Gasteiger partial charge on any atom is -0.290 e. The molecule has 3 heteroatoms. The van der Waals surface area contributed by atoms with Gasteiger partial charge in [-0.3, -0.25) is 4.99 Å². The Bertz CT molecular complexity index is 238. The maximum atomic E-state index is 4.87. The first-order chi connectivity index (χ1) is 6.54. The highest BCUT2D eigenvalue weighted by Gasteiger charge is 2.37. The van der Waals surface area contributed by atoms with Crippen molar-refractivity contribution in [2.24, 2.45) is 4.99 Å². The van der Waals surface area contributed by atoms with E-state index >= 15 is 0 Å². The molecule has 1 unspecified atom stereocenters. The van der Waals surface area contributed by atoms with E-state index in [-0.39, 0.29) is 0 Å². The van der Waals surface area contributed by atoms with Crippen LogP contribution in [0.1, 0.15) is 32.1 Å². The van der Waals surface area contributed by atoms with Gasteiger partial charge in [-0.25, -0.2) is 0 Å². The molecule has 0 radical (unpaired) electrons. The van der Waals surface area contributed by atoms with Crippen LogP contribution in [0.15, 0.2) is 4.99 Å². The van der Waals surface area contributed by atoms with Gasteiger partial charge in [-0.05, 0) is 12.8 Å². The van der Waals surface area contributed by atoms with Crippen LogP contribution in [0.2, 0.25) is 19.6 Å². The minimum atomic E-state index is -0.920. The molecule has 2 saturated carbocycles. The Labute approximate surface area is 92.4 Å². The minimum absolute atomic E-state index is 0.706. The van der Waals surface area contributed by atoms with Crippen LogP contribution in [0.25, 0.3) is 0 Å². The molecule has 0 aromatic rings. The number of nitrogens with zero attached hydrogens (tertiary/aromatic N) is 1. The summed E-state index contributed by atoms with van der Waals surface area (Å²) in [6.07, 6.45) is 6.83. The first-order valence-electron chi connectivity index (χ1n) is 5.79. The number of hydrogen-bond donors (Lipinski definition) is 0. The summed E-state index contributed by atoms with van der Waals surface area (Å²) in [5.41, 5.74) is 1.53. The van der Waals surface area contributed by atoms with Gasteiger partial charge in [0.25, 0.3) is 0 Å². The van der Waals surface area contributed by atoms with Crippen molar-refractivity contribution in [3.8, 4) is 0 Å². The smallest absolute Gasteiger partial charge is 0.109 e. The Morgan fingerprint density at radius 1 is 1.21 bits per heavy atom. The predicted molar refractivity (Wildman–Crippen MR) is 69.0 cm³/mol. The highest BCUT2D eigenvalue weighted by molar-refractivity contribution is 8.29. The van der Waals surface area contributed by atoms with Crippen molar-refractivity contribution in [1.82, 2.24) is 0 Å². The van der Waals surface area contributed by atoms with Crippen molar-refractivity contribution in [3.63, 3.8) is 0 Å². The first-order valence-corrected chi connectivity index (χ1v) is 10.9. The number of aliphatic imine (C=N–C) groups is 1. The van der Waals surface area contributed by atoms with Crippen LogP contribution in [0.5, 0.6) is 0 Å². The van der Waals surface area contributed by atoms with Crippen LogP contribution in [0, 0.1) is 0 Å². The lowest BCUT2D eigenvalue weighted by Crippen LogP contribution is -2.15. The largest absolute Gasteiger partial charge is 0.290 e. The monoisotopic (exact) mass is 227 g/mol. The van der Waals surface area contributed by atoms with Gasteiger partial charge in [-0.1, -0.05) is 32.5 Å². The van der Waals surface area contributed by atoms with E-state index < -0.39 is 7.22 Å². The Morgan fingerprint density at radius 3 is 2.43 bits per heavy atom. The predicted octanol–water partition coefficient (Wildman–Crippen LogP) is 3.71. The molecule has 1 nitrogen and oxygen atoms in total. The van der Waals surface area contributed by atoms with Gasteiger partial charge in [0.2, 0.25) is 0 Å². The summed E-state index contributed by atoms with van der Waals surface area (Å²) in [6.45, 7) is 7.30. The molecule has 0 bridgehead atoms. The molecule has 0 amide bonds. The van der Waals surface area contributed by atoms with E-state index in [1.54, 1.807) is 0 Å². The fourth-order valence-corrected chi connectivity index (χ4v) is 6.59. The van der Waals surface area contributed by atoms with Gasteiger partial charge in [0, 0.05) is 23.4 Å². The lowest BCUT2D eigenvalue weighted by atomic mass is 10.3. The van der Waals surface area contributed by atoms with Gasteiger partial charge >= 0.3 is 0 Å². The molecule has 0 aliphatic heterocycles. The van der Waals surface area contributed by atoms with Gasteiger partial charge < -0.3 is 0 Å². The van der Waals surface area contributed by atoms with E-state index in [4.69, 9.17) is 4.99 Å². The maximum Gasteiger partial charge on any atom is 0.109 e. The molecule has 2 aliphatic rings. The van der Waals surface area contributed by atoms with Crippen LogP contribution >= 0.6 is 11.2 Å². The molecular formula is C11H21NSSi. The zero-order valence-electron chi connectivity index (χ0n) is 9.55. The van der Waals surface area contributed by atoms with Crippen molar-refractivity contribution in [1.29, 1.82) is 0 Å². The molecule has 2 fully saturated rings. The molecule has 80 valence electrons. The van der Waals surface area contributed by atoms with Gasteiger partial charge in [0.05, 0.1) is 0 Å². The van der Waals surface area contributed by atoms with Crippen LogP contribution in [0.4, 0.5) is 0 Å². The third kappa shape index (κ3) is 3.12. The molecule has 0 spiro atoms. The standard InChI is InChI=1S/C11H21NSSi/c1-14(2,3)13-11-8-10(11)12-9-6-4-5-7-9/h9,11H,4-8H2,1-3H3/b12-10+. The lowest BCUT2D eigenvalue weighted by molar-refractivity contribution is 0.709. The van der Waals surface area contributed by atoms with E-state index in [0.29, 0.717) is 6.04 Å². The first kappa shape index (κ1) is 10.7. The summed E-state index contributed by atoms with van der Waals surface area (Å²) in [6, 6.07) is 0.706. The molecule has 0 heterocycles. The van der Waals surface area contributed by atoms with E-state index in [1.165, 1.54) is 37.8 Å². The maximum absolute atomic E-state index is 4.87. The number of hydrogen-bond acceptors (Lipinski definition) is 2. The van der Waals surface area contributed by atoms with Crippen molar-refractivity contribution in [3.05, 3.63) is 0 Å². The molecule has 2 rings (SSSR count). The van der Waals surface area contributed by atoms with Crippen LogP contribution in [-0.2, 0) is 0 Å². The van der Waals surface area contributed by atoms with Gasteiger partial charge in [0.15, 0.2) is 0 Å². The molecule has 14 heavy (non-hydrogen) atoms. The fourth-order valence-electron chi connectivity index (χ4n) is 2.07. The lowest BCUT2D eigenvalue weighted by Gasteiger charge is -2.13. The second kappa shape index (κ2) is 4.01. The van der Waals surface area contributed by atoms with E-state index in [2.05, 4.69) is 30.9 Å². The average Bonchev–Trinajstić information content (AvgIpc) is 2.60. The highest BCUT2D eigenvalue weighted by atomic mass is 32.4. The zero-order chi connectivity index (χ0) is 10.2. The molecule has 0 aromatic heterocycles. The molecule has 0 N–H and O–H groups in total. The quantitative estimate of drug-likeness (QED) is 0.670. The molecule has 0 saturated heterocycles. The Kier molecular flexibility index (Phi) is 3.08. The van der Waals surface area contributed by atoms with Crippen LogP contribution in [0.3, 0.4) is 0 Å². The van der Waals surface area contributed by atoms with Crippen molar-refractivity contribution in [2.45, 2.75) is 63.0 Å². The molecule has 1 atom stereocenters. The molecular weight excluding hydrogens is 206 g/mol. The van der Waals surface area contributed by atoms with Gasteiger partial charge in [-0.2, -0.15) is 11.2 Å². The van der Waals surface area contributed by atoms with E-state index in [9.17, 15) is 0 Å². The highest BCUT2D eigenvalue weighted by Crippen LogP contribution is 2.39. The van der Waals surface area contributed by atoms with Crippen LogP contribution < -0.4 is 0 Å². The third-order valence-electron chi connectivity index (χ3n) is 2.77. The fraction of sp³-hybridized carbons (Fsp3) is 0.909. The topological polar surface area (TPSA) is 12.4 Å². The summed E-state index contributed by atoms with van der Waals surface area (Å²) in [5.74, 6) is 0. The summed E-state index contributed by atoms with van der Waals surface area (Å²) < 4.78 is 0. The van der Waals surface area contributed by atoms with E-state index in [1.807, 2.05) is 0 Å². The Balaban J connectivity index is 1.80. The van der Waals surface area contributed by atoms with Crippen LogP contribution in [-0.4, -0.2) is 24.2 Å². The second-order valence-corrected chi connectivity index (χ2v) is 14.9. The van der Waals surface area contributed by atoms with Crippen molar-refractivity contribution < 1.29 is 0 Å². The van der Waals surface area contributed by atoms with Crippen molar-refractivity contribution >= 4 is 24.1 Å². The SMILES string of the molecule is C[Si](C)(C)SC1C/C1=N\C1CCCC1. The summed E-state index contributed by atoms with van der Waals surface area (Å²) in [5, 5.41) is 0.822. The molecule has 0 aromatic carbocycles. The summed E-state index contributed by atoms with van der Waals surface area (Å²) in [7, 11) is -0.920. The third-order valence-corrected chi connectivity index (χ3v) is 7.18. The van der Waals surface area contributed by atoms with Gasteiger partial charge in [0.1, 0.15) is 7.22 Å². The van der Waals surface area contributed by atoms with Crippen molar-refractivity contribution in [2.75, 3.05) is 0 Å². The van der Waals surface area contributed by atoms with E-state index in [0.717, 1.165) is 5.25 Å². The second-order valence-electron chi connectivity index (χ2n) is 5.48. The van der Waals surface area contributed by atoms with Gasteiger partial charge in [-0.15, -0.1) is 0 Å². The summed E-state index contributed by atoms with van der Waals surface area (Å²) in [4.78, 5) is 4.87. The summed E-state index contributed by atoms with van der Waals surface area (Å²) >= 11 is 2.22.